The molecular formula is C18H14F3NO2. The van der Waals surface area contributed by atoms with Crippen LogP contribution in [0.3, 0.4) is 0 Å². The van der Waals surface area contributed by atoms with E-state index in [-0.39, 0.29) is 6.61 Å². The molecule has 0 bridgehead atoms. The second-order valence-electron chi connectivity index (χ2n) is 5.39. The summed E-state index contributed by atoms with van der Waals surface area (Å²) in [6.45, 7) is 0.321. The van der Waals surface area contributed by atoms with Crippen LogP contribution in [-0.2, 0) is 24.1 Å². The molecule has 3 nitrogen and oxygen atoms in total. The third-order valence-electron chi connectivity index (χ3n) is 3.71. The number of nitrogens with zero attached hydrogens (tertiary/aromatic N) is 1. The first-order valence-corrected chi connectivity index (χ1v) is 7.29. The van der Waals surface area contributed by atoms with E-state index in [0.29, 0.717) is 12.1 Å². The number of ether oxygens (including phenoxy) is 1. The number of halogens is 3. The first kappa shape index (κ1) is 16.1. The Kier molecular flexibility index (Phi) is 4.29. The van der Waals surface area contributed by atoms with E-state index in [4.69, 9.17) is 4.74 Å². The molecule has 1 aliphatic heterocycles. The average molecular weight is 333 g/mol. The van der Waals surface area contributed by atoms with E-state index in [1.54, 1.807) is 6.20 Å². The molecule has 3 rings (SSSR count). The zero-order chi connectivity index (χ0) is 17.2. The van der Waals surface area contributed by atoms with Crippen molar-refractivity contribution >= 4 is 12.2 Å². The Hall–Kier alpha value is -2.76. The molecule has 124 valence electrons. The highest BCUT2D eigenvalue weighted by Gasteiger charge is 2.30. The van der Waals surface area contributed by atoms with E-state index in [1.807, 2.05) is 30.3 Å². The summed E-state index contributed by atoms with van der Waals surface area (Å²) in [5.74, 6) is 0. The van der Waals surface area contributed by atoms with Crippen LogP contribution in [0.2, 0.25) is 0 Å². The Morgan fingerprint density at radius 1 is 1.08 bits per heavy atom. The van der Waals surface area contributed by atoms with Crippen molar-refractivity contribution in [2.45, 2.75) is 19.3 Å². The zero-order valence-electron chi connectivity index (χ0n) is 12.6. The van der Waals surface area contributed by atoms with Gasteiger partial charge in [-0.05, 0) is 34.9 Å². The van der Waals surface area contributed by atoms with Gasteiger partial charge in [-0.3, -0.25) is 4.90 Å². The summed E-state index contributed by atoms with van der Waals surface area (Å²) in [7, 11) is 0. The second kappa shape index (κ2) is 6.39. The molecule has 0 fully saturated rings. The van der Waals surface area contributed by atoms with E-state index in [2.05, 4.69) is 0 Å². The van der Waals surface area contributed by atoms with Crippen LogP contribution in [0.5, 0.6) is 0 Å². The standard InChI is InChI=1S/C18H14F3NO2/c19-18(20,21)16-7-5-13(6-8-16)12-24-17(23)22-10-9-14-3-1-2-4-15(14)11-22/h1-10H,11-12H2. The third kappa shape index (κ3) is 3.59. The minimum absolute atomic E-state index is 0.0804. The highest BCUT2D eigenvalue weighted by atomic mass is 19.4. The van der Waals surface area contributed by atoms with Gasteiger partial charge >= 0.3 is 12.3 Å². The molecule has 0 saturated carbocycles. The molecule has 0 saturated heterocycles. The van der Waals surface area contributed by atoms with E-state index in [0.717, 1.165) is 23.3 Å². The van der Waals surface area contributed by atoms with Crippen molar-refractivity contribution in [3.63, 3.8) is 0 Å². The number of carbonyl (C=O) groups is 1. The normalized spacial score (nSPS) is 13.5. The number of rotatable bonds is 2. The zero-order valence-corrected chi connectivity index (χ0v) is 12.6. The van der Waals surface area contributed by atoms with Gasteiger partial charge in [0.2, 0.25) is 0 Å². The predicted octanol–water partition coefficient (Wildman–Crippen LogP) is 4.83. The minimum atomic E-state index is -4.37. The van der Waals surface area contributed by atoms with E-state index < -0.39 is 17.8 Å². The van der Waals surface area contributed by atoms with Crippen molar-refractivity contribution in [3.05, 3.63) is 77.0 Å². The van der Waals surface area contributed by atoms with Crippen LogP contribution in [0, 0.1) is 0 Å². The quantitative estimate of drug-likeness (QED) is 0.788. The highest BCUT2D eigenvalue weighted by molar-refractivity contribution is 5.72. The number of hydrogen-bond donors (Lipinski definition) is 0. The lowest BCUT2D eigenvalue weighted by molar-refractivity contribution is -0.137. The van der Waals surface area contributed by atoms with E-state index in [9.17, 15) is 18.0 Å². The molecule has 0 aromatic heterocycles. The molecule has 2 aromatic carbocycles. The van der Waals surface area contributed by atoms with Crippen LogP contribution in [0.4, 0.5) is 18.0 Å². The molecular weight excluding hydrogens is 319 g/mol. The number of fused-ring (bicyclic) bond motifs is 1. The fraction of sp³-hybridized carbons (Fsp3) is 0.167. The molecule has 0 atom stereocenters. The van der Waals surface area contributed by atoms with Crippen molar-refractivity contribution in [3.8, 4) is 0 Å². The number of hydrogen-bond acceptors (Lipinski definition) is 2. The summed E-state index contributed by atoms with van der Waals surface area (Å²) >= 11 is 0. The maximum absolute atomic E-state index is 12.5. The van der Waals surface area contributed by atoms with Gasteiger partial charge in [-0.1, -0.05) is 36.4 Å². The van der Waals surface area contributed by atoms with Crippen molar-refractivity contribution in [2.24, 2.45) is 0 Å². The maximum atomic E-state index is 12.5. The van der Waals surface area contributed by atoms with E-state index in [1.165, 1.54) is 17.0 Å². The summed E-state index contributed by atoms with van der Waals surface area (Å²) in [5.41, 5.74) is 1.82. The van der Waals surface area contributed by atoms with Gasteiger partial charge < -0.3 is 4.74 Å². The van der Waals surface area contributed by atoms with Gasteiger partial charge in [-0.15, -0.1) is 0 Å². The summed E-state index contributed by atoms with van der Waals surface area (Å²) in [6, 6.07) is 12.2. The van der Waals surface area contributed by atoms with Crippen LogP contribution in [0.15, 0.2) is 54.7 Å². The summed E-state index contributed by atoms with van der Waals surface area (Å²) < 4.78 is 42.7. The van der Waals surface area contributed by atoms with Crippen molar-refractivity contribution < 1.29 is 22.7 Å². The van der Waals surface area contributed by atoms with Gasteiger partial charge in [0.05, 0.1) is 12.1 Å². The van der Waals surface area contributed by atoms with Gasteiger partial charge in [0.25, 0.3) is 0 Å². The van der Waals surface area contributed by atoms with Crippen molar-refractivity contribution in [1.29, 1.82) is 0 Å². The summed E-state index contributed by atoms with van der Waals surface area (Å²) in [4.78, 5) is 13.5. The van der Waals surface area contributed by atoms with Gasteiger partial charge in [0.15, 0.2) is 0 Å². The number of carbonyl (C=O) groups excluding carboxylic acids is 1. The topological polar surface area (TPSA) is 29.5 Å². The van der Waals surface area contributed by atoms with Crippen LogP contribution in [-0.4, -0.2) is 11.0 Å². The lowest BCUT2D eigenvalue weighted by Crippen LogP contribution is -2.27. The Bertz CT molecular complexity index is 767. The minimum Gasteiger partial charge on any atom is -0.444 e. The smallest absolute Gasteiger partial charge is 0.416 e. The summed E-state index contributed by atoms with van der Waals surface area (Å²) in [6.07, 6.45) is -1.46. The Balaban J connectivity index is 1.59. The van der Waals surface area contributed by atoms with Gasteiger partial charge in [0.1, 0.15) is 6.61 Å². The van der Waals surface area contributed by atoms with Gasteiger partial charge in [-0.25, -0.2) is 4.79 Å². The number of amides is 1. The largest absolute Gasteiger partial charge is 0.444 e. The van der Waals surface area contributed by atoms with Crippen molar-refractivity contribution in [2.75, 3.05) is 0 Å². The molecule has 1 amide bonds. The molecule has 0 unspecified atom stereocenters. The van der Waals surface area contributed by atoms with E-state index >= 15 is 0 Å². The molecule has 0 spiro atoms. The lowest BCUT2D eigenvalue weighted by Gasteiger charge is -2.23. The number of alkyl halides is 3. The monoisotopic (exact) mass is 333 g/mol. The second-order valence-corrected chi connectivity index (χ2v) is 5.39. The van der Waals surface area contributed by atoms with Gasteiger partial charge in [-0.2, -0.15) is 13.2 Å². The fourth-order valence-corrected chi connectivity index (χ4v) is 2.39. The van der Waals surface area contributed by atoms with Crippen molar-refractivity contribution in [1.82, 2.24) is 4.90 Å². The SMILES string of the molecule is O=C(OCc1ccc(C(F)(F)F)cc1)N1C=Cc2ccccc2C1. The molecule has 0 radical (unpaired) electrons. The number of benzene rings is 2. The molecule has 0 aliphatic carbocycles. The molecule has 0 N–H and O–H groups in total. The first-order valence-electron chi connectivity index (χ1n) is 7.29. The first-order chi connectivity index (χ1) is 11.4. The molecule has 1 heterocycles. The highest BCUT2D eigenvalue weighted by Crippen LogP contribution is 2.29. The van der Waals surface area contributed by atoms with Crippen LogP contribution in [0.1, 0.15) is 22.3 Å². The molecule has 2 aromatic rings. The van der Waals surface area contributed by atoms with Crippen LogP contribution < -0.4 is 0 Å². The third-order valence-corrected chi connectivity index (χ3v) is 3.71. The molecule has 6 heteroatoms. The summed E-state index contributed by atoms with van der Waals surface area (Å²) in [5, 5.41) is 0. The van der Waals surface area contributed by atoms with Gasteiger partial charge in [0, 0.05) is 6.20 Å². The Labute approximate surface area is 137 Å². The molecule has 1 aliphatic rings. The lowest BCUT2D eigenvalue weighted by atomic mass is 10.1. The maximum Gasteiger partial charge on any atom is 0.416 e. The Morgan fingerprint density at radius 3 is 2.50 bits per heavy atom. The average Bonchev–Trinajstić information content (AvgIpc) is 2.59. The van der Waals surface area contributed by atoms with Crippen LogP contribution in [0.25, 0.3) is 6.08 Å². The van der Waals surface area contributed by atoms with Crippen LogP contribution >= 0.6 is 0 Å². The molecule has 24 heavy (non-hydrogen) atoms. The Morgan fingerprint density at radius 2 is 1.79 bits per heavy atom. The fourth-order valence-electron chi connectivity index (χ4n) is 2.39. The predicted molar refractivity (Wildman–Crippen MR) is 82.6 cm³/mol.